The monoisotopic (exact) mass is 643 g/mol. The second-order valence-electron chi connectivity index (χ2n) is 10.1. The highest BCUT2D eigenvalue weighted by atomic mass is 127. The van der Waals surface area contributed by atoms with Gasteiger partial charge in [-0.3, -0.25) is 14.4 Å². The molecule has 0 saturated heterocycles. The number of carbonyl (C=O) groups excluding carboxylic acids is 4. The molecule has 1 heterocycles. The van der Waals surface area contributed by atoms with Crippen LogP contribution in [-0.4, -0.2) is 77.2 Å². The lowest BCUT2D eigenvalue weighted by molar-refractivity contribution is -0.154. The van der Waals surface area contributed by atoms with Crippen molar-refractivity contribution in [3.8, 4) is 5.75 Å². The summed E-state index contributed by atoms with van der Waals surface area (Å²) in [5.41, 5.74) is 1.67. The number of carbonyl (C=O) groups is 4. The average Bonchev–Trinajstić information content (AvgIpc) is 2.84. The number of likely N-dealkylation sites (N-methyl/N-ethyl adjacent to an activating group) is 1. The number of aliphatic hydroxyl groups excluding tert-OH is 1. The predicted molar refractivity (Wildman–Crippen MR) is 150 cm³/mol. The van der Waals surface area contributed by atoms with Crippen LogP contribution in [0.5, 0.6) is 5.75 Å². The summed E-state index contributed by atoms with van der Waals surface area (Å²) in [5.74, 6) is -2.43. The molecule has 1 aromatic carbocycles. The van der Waals surface area contributed by atoms with Gasteiger partial charge in [-0.1, -0.05) is 31.6 Å². The van der Waals surface area contributed by atoms with Crippen molar-refractivity contribution in [2.75, 3.05) is 20.2 Å². The Bertz CT molecular complexity index is 1060. The van der Waals surface area contributed by atoms with Gasteiger partial charge >= 0.3 is 5.97 Å². The van der Waals surface area contributed by atoms with Gasteiger partial charge in [0.05, 0.1) is 22.8 Å². The van der Waals surface area contributed by atoms with E-state index < -0.39 is 42.6 Å². The number of rotatable bonds is 3. The standard InChI is InChI=1S/C27H38IN3O7/c1-15-8-16(2)10-18(4)38-27(37)21(14-32)30-26(36)22(12-19-6-7-23(33)20(28)11-19)31(5)24(34)13-29-25(35)17(3)9-15/h6-8,11,16-18,21-22,32-33H,9-10,12-14H2,1-5H3,(H,29,35)(H,30,36)/t16-,17-,18-,21-,22+/m0/s1. The SMILES string of the molecule is CC1=C[C@H](C)C[C@H](C)OC(=O)[C@H](CO)NC(=O)[C@@H](Cc2ccc(O)c(I)c2)N(C)C(=O)CNC(=O)[C@@H](C)C1. The number of hydrogen-bond acceptors (Lipinski definition) is 7. The fourth-order valence-corrected chi connectivity index (χ4v) is 5.02. The van der Waals surface area contributed by atoms with E-state index in [1.54, 1.807) is 26.0 Å². The summed E-state index contributed by atoms with van der Waals surface area (Å²) in [6.45, 7) is 6.45. The molecular formula is C27H38IN3O7. The summed E-state index contributed by atoms with van der Waals surface area (Å²) in [7, 11) is 1.44. The molecular weight excluding hydrogens is 605 g/mol. The molecule has 11 heteroatoms. The number of hydrogen-bond donors (Lipinski definition) is 4. The lowest BCUT2D eigenvalue weighted by atomic mass is 9.96. The number of esters is 1. The van der Waals surface area contributed by atoms with Crippen LogP contribution in [0.15, 0.2) is 29.8 Å². The summed E-state index contributed by atoms with van der Waals surface area (Å²) in [6.07, 6.45) is 2.64. The maximum atomic E-state index is 13.4. The zero-order valence-electron chi connectivity index (χ0n) is 22.5. The van der Waals surface area contributed by atoms with Crippen molar-refractivity contribution in [1.29, 1.82) is 0 Å². The van der Waals surface area contributed by atoms with E-state index >= 15 is 0 Å². The van der Waals surface area contributed by atoms with E-state index in [1.807, 2.05) is 42.5 Å². The van der Waals surface area contributed by atoms with Crippen LogP contribution in [0.4, 0.5) is 0 Å². The first-order chi connectivity index (χ1) is 17.8. The van der Waals surface area contributed by atoms with Crippen LogP contribution in [0.1, 0.15) is 46.1 Å². The number of nitrogens with one attached hydrogen (secondary N) is 2. The molecule has 0 saturated carbocycles. The molecule has 38 heavy (non-hydrogen) atoms. The van der Waals surface area contributed by atoms with Crippen molar-refractivity contribution in [2.24, 2.45) is 11.8 Å². The molecule has 0 bridgehead atoms. The zero-order valence-corrected chi connectivity index (χ0v) is 24.7. The molecule has 5 atom stereocenters. The molecule has 0 radical (unpaired) electrons. The molecule has 1 aromatic rings. The third kappa shape index (κ3) is 9.26. The zero-order chi connectivity index (χ0) is 28.6. The van der Waals surface area contributed by atoms with Gasteiger partial charge in [0, 0.05) is 19.4 Å². The molecule has 0 unspecified atom stereocenters. The number of aromatic hydroxyl groups is 1. The Morgan fingerprint density at radius 1 is 1.13 bits per heavy atom. The number of cyclic esters (lactones) is 1. The lowest BCUT2D eigenvalue weighted by Gasteiger charge is -2.29. The third-order valence-electron chi connectivity index (χ3n) is 6.47. The Morgan fingerprint density at radius 2 is 1.82 bits per heavy atom. The Kier molecular flexibility index (Phi) is 12.0. The van der Waals surface area contributed by atoms with Crippen molar-refractivity contribution < 1.29 is 34.1 Å². The van der Waals surface area contributed by atoms with Gasteiger partial charge in [-0.25, -0.2) is 4.79 Å². The van der Waals surface area contributed by atoms with Crippen molar-refractivity contribution in [3.63, 3.8) is 0 Å². The molecule has 3 amide bonds. The van der Waals surface area contributed by atoms with E-state index in [9.17, 15) is 29.4 Å². The quantitative estimate of drug-likeness (QED) is 0.224. The molecule has 0 aliphatic carbocycles. The number of aliphatic hydroxyl groups is 1. The molecule has 4 N–H and O–H groups in total. The van der Waals surface area contributed by atoms with Gasteiger partial charge in [0.2, 0.25) is 17.7 Å². The third-order valence-corrected chi connectivity index (χ3v) is 7.33. The van der Waals surface area contributed by atoms with Crippen molar-refractivity contribution in [3.05, 3.63) is 39.0 Å². The summed E-state index contributed by atoms with van der Waals surface area (Å²) in [5, 5.41) is 24.9. The molecule has 0 aromatic heterocycles. The van der Waals surface area contributed by atoms with Crippen LogP contribution in [0.2, 0.25) is 0 Å². The van der Waals surface area contributed by atoms with Crippen molar-refractivity contribution in [1.82, 2.24) is 15.5 Å². The van der Waals surface area contributed by atoms with Crippen LogP contribution in [0.3, 0.4) is 0 Å². The Labute approximate surface area is 237 Å². The van der Waals surface area contributed by atoms with Crippen LogP contribution >= 0.6 is 22.6 Å². The Balaban J connectivity index is 2.38. The predicted octanol–water partition coefficient (Wildman–Crippen LogP) is 1.90. The molecule has 0 fully saturated rings. The fraction of sp³-hybridized carbons (Fsp3) is 0.556. The molecule has 10 nitrogen and oxygen atoms in total. The van der Waals surface area contributed by atoms with Crippen LogP contribution in [0.25, 0.3) is 0 Å². The number of phenols is 1. The smallest absolute Gasteiger partial charge is 0.331 e. The van der Waals surface area contributed by atoms with Gasteiger partial charge in [-0.2, -0.15) is 0 Å². The summed E-state index contributed by atoms with van der Waals surface area (Å²) in [6, 6.07) is 2.43. The van der Waals surface area contributed by atoms with Crippen molar-refractivity contribution in [2.45, 2.75) is 65.1 Å². The number of phenolic OH excluding ortho intramolecular Hbond substituents is 1. The first kappa shape index (κ1) is 31.5. The second-order valence-corrected chi connectivity index (χ2v) is 11.2. The van der Waals surface area contributed by atoms with Crippen LogP contribution in [0, 0.1) is 15.4 Å². The van der Waals surface area contributed by atoms with Gasteiger partial charge in [-0.05, 0) is 72.9 Å². The minimum absolute atomic E-state index is 0.0572. The molecule has 210 valence electrons. The van der Waals surface area contributed by atoms with E-state index in [0.29, 0.717) is 22.0 Å². The normalized spacial score (nSPS) is 27.0. The highest BCUT2D eigenvalue weighted by molar-refractivity contribution is 14.1. The number of amides is 3. The van der Waals surface area contributed by atoms with E-state index in [-0.39, 0.29) is 36.5 Å². The van der Waals surface area contributed by atoms with Gasteiger partial charge < -0.3 is 30.5 Å². The van der Waals surface area contributed by atoms with E-state index in [2.05, 4.69) is 10.6 Å². The molecule has 2 rings (SSSR count). The maximum Gasteiger partial charge on any atom is 0.331 e. The Morgan fingerprint density at radius 3 is 2.45 bits per heavy atom. The van der Waals surface area contributed by atoms with Gasteiger partial charge in [0.15, 0.2) is 6.04 Å². The minimum atomic E-state index is -1.32. The lowest BCUT2D eigenvalue weighted by Crippen LogP contribution is -2.55. The van der Waals surface area contributed by atoms with Crippen molar-refractivity contribution >= 4 is 46.3 Å². The van der Waals surface area contributed by atoms with Gasteiger partial charge in [0.25, 0.3) is 0 Å². The maximum absolute atomic E-state index is 13.4. The van der Waals surface area contributed by atoms with Crippen LogP contribution in [-0.2, 0) is 30.3 Å². The fourth-order valence-electron chi connectivity index (χ4n) is 4.44. The number of nitrogens with zero attached hydrogens (tertiary/aromatic N) is 1. The summed E-state index contributed by atoms with van der Waals surface area (Å²) < 4.78 is 6.08. The number of allylic oxidation sites excluding steroid dienone is 2. The van der Waals surface area contributed by atoms with Crippen LogP contribution < -0.4 is 10.6 Å². The van der Waals surface area contributed by atoms with E-state index in [4.69, 9.17) is 4.74 Å². The highest BCUT2D eigenvalue weighted by Crippen LogP contribution is 2.22. The average molecular weight is 644 g/mol. The number of benzene rings is 1. The highest BCUT2D eigenvalue weighted by Gasteiger charge is 2.32. The Hall–Kier alpha value is -2.67. The van der Waals surface area contributed by atoms with Gasteiger partial charge in [-0.15, -0.1) is 0 Å². The largest absolute Gasteiger partial charge is 0.507 e. The summed E-state index contributed by atoms with van der Waals surface area (Å²) >= 11 is 1.96. The summed E-state index contributed by atoms with van der Waals surface area (Å²) in [4.78, 5) is 53.0. The molecule has 1 aliphatic rings. The first-order valence-electron chi connectivity index (χ1n) is 12.6. The van der Waals surface area contributed by atoms with Gasteiger partial charge in [0.1, 0.15) is 11.8 Å². The van der Waals surface area contributed by atoms with E-state index in [1.165, 1.54) is 18.0 Å². The second kappa shape index (κ2) is 14.5. The topological polar surface area (TPSA) is 145 Å². The molecule has 1 aliphatic heterocycles. The first-order valence-corrected chi connectivity index (χ1v) is 13.7. The number of ether oxygens (including phenoxy) is 1. The number of halogens is 1. The minimum Gasteiger partial charge on any atom is -0.507 e. The van der Waals surface area contributed by atoms with E-state index in [0.717, 1.165) is 5.57 Å². The molecule has 0 spiro atoms.